The first-order chi connectivity index (χ1) is 16.0. The molecule has 0 spiro atoms. The molecule has 0 aliphatic heterocycles. The van der Waals surface area contributed by atoms with E-state index in [4.69, 9.17) is 5.73 Å². The third kappa shape index (κ3) is 4.62. The molecule has 1 unspecified atom stereocenters. The lowest BCUT2D eigenvalue weighted by molar-refractivity contribution is -0.121. The zero-order chi connectivity index (χ0) is 23.4. The number of H-pyrrole nitrogens is 1. The van der Waals surface area contributed by atoms with Gasteiger partial charge in [0, 0.05) is 12.4 Å². The molecule has 1 atom stereocenters. The third-order valence-corrected chi connectivity index (χ3v) is 5.40. The lowest BCUT2D eigenvalue weighted by atomic mass is 10.1. The van der Waals surface area contributed by atoms with Crippen molar-refractivity contribution in [3.63, 3.8) is 0 Å². The highest BCUT2D eigenvalue weighted by molar-refractivity contribution is 5.97. The van der Waals surface area contributed by atoms with Crippen LogP contribution in [-0.4, -0.2) is 25.2 Å². The van der Waals surface area contributed by atoms with Crippen molar-refractivity contribution in [2.45, 2.75) is 26.1 Å². The highest BCUT2D eigenvalue weighted by atomic mass is 16.2. The number of nitrogens with one attached hydrogen (secondary N) is 1. The summed E-state index contributed by atoms with van der Waals surface area (Å²) in [6.07, 6.45) is 3.25. The van der Waals surface area contributed by atoms with E-state index < -0.39 is 17.3 Å². The first kappa shape index (κ1) is 21.8. The van der Waals surface area contributed by atoms with Gasteiger partial charge in [-0.15, -0.1) is 0 Å². The van der Waals surface area contributed by atoms with Crippen LogP contribution < -0.4 is 21.9 Å². The molecule has 0 saturated carbocycles. The number of aromatic nitrogens is 4. The zero-order valence-electron chi connectivity index (χ0n) is 18.1. The lowest BCUT2D eigenvalue weighted by Crippen LogP contribution is -2.43. The second kappa shape index (κ2) is 9.39. The minimum absolute atomic E-state index is 0.0709. The Morgan fingerprint density at radius 1 is 1.03 bits per heavy atom. The second-order valence-electron chi connectivity index (χ2n) is 7.64. The fraction of sp³-hybridized carbons (Fsp3) is 0.167. The van der Waals surface area contributed by atoms with Gasteiger partial charge in [0.25, 0.3) is 11.5 Å². The molecule has 0 saturated heterocycles. The van der Waals surface area contributed by atoms with Crippen molar-refractivity contribution in [3.05, 3.63) is 111 Å². The Morgan fingerprint density at radius 3 is 2.27 bits per heavy atom. The monoisotopic (exact) mass is 444 g/mol. The summed E-state index contributed by atoms with van der Waals surface area (Å²) in [7, 11) is 0. The van der Waals surface area contributed by atoms with Gasteiger partial charge in [-0.1, -0.05) is 60.7 Å². The Labute approximate surface area is 189 Å². The number of hydrogen-bond donors (Lipinski definition) is 2. The molecule has 4 aromatic rings. The van der Waals surface area contributed by atoms with Crippen LogP contribution in [-0.2, 0) is 17.9 Å². The normalized spacial score (nSPS) is 11.8. The molecule has 0 aliphatic carbocycles. The molecule has 1 amide bonds. The average Bonchev–Trinajstić information content (AvgIpc) is 3.36. The van der Waals surface area contributed by atoms with Gasteiger partial charge in [-0.3, -0.25) is 28.7 Å². The van der Waals surface area contributed by atoms with E-state index in [1.54, 1.807) is 25.4 Å². The molecular formula is C24H24N6O3. The molecule has 168 valence electrons. The van der Waals surface area contributed by atoms with Gasteiger partial charge in [0.2, 0.25) is 0 Å². The number of amides is 1. The van der Waals surface area contributed by atoms with Gasteiger partial charge >= 0.3 is 5.69 Å². The van der Waals surface area contributed by atoms with Crippen LogP contribution in [0.3, 0.4) is 0 Å². The number of rotatable bonds is 7. The van der Waals surface area contributed by atoms with Crippen LogP contribution in [0.25, 0.3) is 0 Å². The first-order valence-electron chi connectivity index (χ1n) is 10.5. The molecule has 3 N–H and O–H groups in total. The molecular weight excluding hydrogens is 420 g/mol. The standard InChI is InChI=1S/C24H24N6O3/c1-17(30-14-8-13-26-30)23(32)28(15-18-9-4-2-5-10-18)20-21(25)29(24(33)27-22(20)31)16-19-11-6-3-7-12-19/h2-14,17H,15-16,25H2,1H3,(H,27,31,33). The number of nitrogens with two attached hydrogens (primary N) is 1. The molecule has 0 aliphatic rings. The summed E-state index contributed by atoms with van der Waals surface area (Å²) in [6, 6.07) is 19.5. The van der Waals surface area contributed by atoms with E-state index in [-0.39, 0.29) is 30.5 Å². The molecule has 2 aromatic heterocycles. The van der Waals surface area contributed by atoms with Gasteiger partial charge in [-0.25, -0.2) is 4.79 Å². The van der Waals surface area contributed by atoms with Gasteiger partial charge in [-0.05, 0) is 24.1 Å². The van der Waals surface area contributed by atoms with Crippen molar-refractivity contribution >= 4 is 17.4 Å². The predicted octanol–water partition coefficient (Wildman–Crippen LogP) is 2.16. The Balaban J connectivity index is 1.82. The molecule has 0 fully saturated rings. The molecule has 4 rings (SSSR count). The van der Waals surface area contributed by atoms with E-state index in [9.17, 15) is 14.4 Å². The molecule has 9 nitrogen and oxygen atoms in total. The summed E-state index contributed by atoms with van der Waals surface area (Å²) in [4.78, 5) is 42.8. The number of anilines is 2. The predicted molar refractivity (Wildman–Crippen MR) is 126 cm³/mol. The smallest absolute Gasteiger partial charge is 0.330 e. The fourth-order valence-electron chi connectivity index (χ4n) is 3.64. The maximum atomic E-state index is 13.6. The zero-order valence-corrected chi connectivity index (χ0v) is 18.1. The summed E-state index contributed by atoms with van der Waals surface area (Å²) in [5.41, 5.74) is 6.57. The van der Waals surface area contributed by atoms with Crippen LogP contribution in [0.2, 0.25) is 0 Å². The summed E-state index contributed by atoms with van der Waals surface area (Å²) < 4.78 is 2.76. The number of benzene rings is 2. The lowest BCUT2D eigenvalue weighted by Gasteiger charge is -2.27. The van der Waals surface area contributed by atoms with Crippen molar-refractivity contribution < 1.29 is 4.79 Å². The molecule has 33 heavy (non-hydrogen) atoms. The molecule has 0 radical (unpaired) electrons. The van der Waals surface area contributed by atoms with Crippen molar-refractivity contribution in [3.8, 4) is 0 Å². The highest BCUT2D eigenvalue weighted by Crippen LogP contribution is 2.23. The highest BCUT2D eigenvalue weighted by Gasteiger charge is 2.29. The molecule has 2 aromatic carbocycles. The number of hydrogen-bond acceptors (Lipinski definition) is 5. The number of carbonyl (C=O) groups excluding carboxylic acids is 1. The summed E-state index contributed by atoms with van der Waals surface area (Å²) in [5.74, 6) is -0.464. The van der Waals surface area contributed by atoms with E-state index in [0.29, 0.717) is 0 Å². The number of nitrogen functional groups attached to an aromatic ring is 1. The maximum Gasteiger partial charge on any atom is 0.330 e. The number of aromatic amines is 1. The average molecular weight is 444 g/mol. The van der Waals surface area contributed by atoms with E-state index in [2.05, 4.69) is 10.1 Å². The van der Waals surface area contributed by atoms with E-state index in [1.807, 2.05) is 60.7 Å². The van der Waals surface area contributed by atoms with Crippen molar-refractivity contribution in [2.75, 3.05) is 10.6 Å². The van der Waals surface area contributed by atoms with Crippen LogP contribution >= 0.6 is 0 Å². The molecule has 9 heteroatoms. The molecule has 0 bridgehead atoms. The van der Waals surface area contributed by atoms with Crippen molar-refractivity contribution in [1.82, 2.24) is 19.3 Å². The van der Waals surface area contributed by atoms with Crippen LogP contribution in [0, 0.1) is 0 Å². The summed E-state index contributed by atoms with van der Waals surface area (Å²) in [6.45, 7) is 1.94. The van der Waals surface area contributed by atoms with Gasteiger partial charge in [-0.2, -0.15) is 5.10 Å². The Kier molecular flexibility index (Phi) is 6.21. The van der Waals surface area contributed by atoms with Gasteiger partial charge in [0.1, 0.15) is 11.9 Å². The van der Waals surface area contributed by atoms with Crippen LogP contribution in [0.1, 0.15) is 24.1 Å². The molecule has 2 heterocycles. The van der Waals surface area contributed by atoms with Crippen molar-refractivity contribution in [1.29, 1.82) is 0 Å². The van der Waals surface area contributed by atoms with Crippen molar-refractivity contribution in [2.24, 2.45) is 0 Å². The van der Waals surface area contributed by atoms with E-state index >= 15 is 0 Å². The topological polar surface area (TPSA) is 119 Å². The third-order valence-electron chi connectivity index (χ3n) is 5.40. The van der Waals surface area contributed by atoms with Gasteiger partial charge in [0.15, 0.2) is 5.69 Å². The second-order valence-corrected chi connectivity index (χ2v) is 7.64. The number of carbonyl (C=O) groups is 1. The van der Waals surface area contributed by atoms with E-state index in [0.717, 1.165) is 11.1 Å². The largest absolute Gasteiger partial charge is 0.383 e. The minimum Gasteiger partial charge on any atom is -0.383 e. The summed E-state index contributed by atoms with van der Waals surface area (Å²) >= 11 is 0. The van der Waals surface area contributed by atoms with Crippen LogP contribution in [0.4, 0.5) is 11.5 Å². The van der Waals surface area contributed by atoms with Crippen LogP contribution in [0.5, 0.6) is 0 Å². The van der Waals surface area contributed by atoms with Gasteiger partial charge in [0.05, 0.1) is 13.1 Å². The van der Waals surface area contributed by atoms with Gasteiger partial charge < -0.3 is 5.73 Å². The fourth-order valence-corrected chi connectivity index (χ4v) is 3.64. The van der Waals surface area contributed by atoms with E-state index in [1.165, 1.54) is 14.1 Å². The Bertz CT molecular complexity index is 1340. The maximum absolute atomic E-state index is 13.6. The Morgan fingerprint density at radius 2 is 1.67 bits per heavy atom. The Hall–Kier alpha value is -4.40. The first-order valence-corrected chi connectivity index (χ1v) is 10.5. The minimum atomic E-state index is -0.723. The van der Waals surface area contributed by atoms with Crippen LogP contribution in [0.15, 0.2) is 88.7 Å². The quantitative estimate of drug-likeness (QED) is 0.453. The summed E-state index contributed by atoms with van der Waals surface area (Å²) in [5, 5.41) is 4.15. The number of nitrogens with zero attached hydrogens (tertiary/aromatic N) is 4. The SMILES string of the molecule is CC(C(=O)N(Cc1ccccc1)c1c(N)n(Cc2ccccc2)c(=O)[nH]c1=O)n1cccn1.